The lowest BCUT2D eigenvalue weighted by atomic mass is 10.3. The van der Waals surface area contributed by atoms with Gasteiger partial charge in [-0.2, -0.15) is 0 Å². The van der Waals surface area contributed by atoms with Gasteiger partial charge in [0.2, 0.25) is 0 Å². The summed E-state index contributed by atoms with van der Waals surface area (Å²) in [5.41, 5.74) is -0.0209. The molecule has 21 heavy (non-hydrogen) atoms. The van der Waals surface area contributed by atoms with Crippen LogP contribution in [0.5, 0.6) is 0 Å². The van der Waals surface area contributed by atoms with E-state index >= 15 is 0 Å². The topological polar surface area (TPSA) is 55.4 Å². The monoisotopic (exact) mass is 327 g/mol. The number of hydrogen-bond donors (Lipinski definition) is 1. The Bertz CT molecular complexity index is 687. The minimum Gasteiger partial charge on any atom is -0.451 e. The van der Waals surface area contributed by atoms with Crippen LogP contribution in [0.2, 0.25) is 5.02 Å². The molecule has 0 aliphatic rings. The van der Waals surface area contributed by atoms with Crippen molar-refractivity contribution in [2.75, 3.05) is 11.9 Å². The number of esters is 1. The van der Waals surface area contributed by atoms with Crippen LogP contribution in [0.3, 0.4) is 0 Å². The summed E-state index contributed by atoms with van der Waals surface area (Å²) in [7, 11) is 0. The molecule has 0 radical (unpaired) electrons. The molecule has 1 aromatic carbocycles. The highest BCUT2D eigenvalue weighted by molar-refractivity contribution is 7.13. The van der Waals surface area contributed by atoms with Crippen LogP contribution in [-0.2, 0) is 9.53 Å². The second-order valence-corrected chi connectivity index (χ2v) is 5.88. The van der Waals surface area contributed by atoms with Crippen molar-refractivity contribution in [3.63, 3.8) is 0 Å². The first-order valence-corrected chi connectivity index (χ1v) is 7.13. The number of thiophene rings is 1. The van der Waals surface area contributed by atoms with Crippen LogP contribution >= 0.6 is 22.9 Å². The zero-order chi connectivity index (χ0) is 15.4. The van der Waals surface area contributed by atoms with Gasteiger partial charge in [0.1, 0.15) is 10.7 Å². The van der Waals surface area contributed by atoms with Crippen molar-refractivity contribution in [2.45, 2.75) is 6.92 Å². The first-order valence-electron chi connectivity index (χ1n) is 5.94. The van der Waals surface area contributed by atoms with E-state index < -0.39 is 24.3 Å². The standard InChI is InChI=1S/C14H11ClFNO3S/c1-8-2-5-12(21-8)14(19)20-7-13(18)17-11-4-3-9(15)6-10(11)16/h2-6H,7H2,1H3,(H,17,18). The molecule has 2 rings (SSSR count). The highest BCUT2D eigenvalue weighted by Crippen LogP contribution is 2.19. The van der Waals surface area contributed by atoms with Gasteiger partial charge in [0, 0.05) is 9.90 Å². The fraction of sp³-hybridized carbons (Fsp3) is 0.143. The van der Waals surface area contributed by atoms with E-state index in [1.807, 2.05) is 6.92 Å². The molecule has 1 amide bonds. The molecule has 4 nitrogen and oxygen atoms in total. The number of halogens is 2. The van der Waals surface area contributed by atoms with Crippen LogP contribution < -0.4 is 5.32 Å². The van der Waals surface area contributed by atoms with Crippen LogP contribution in [0, 0.1) is 12.7 Å². The van der Waals surface area contributed by atoms with Crippen LogP contribution in [0.4, 0.5) is 10.1 Å². The van der Waals surface area contributed by atoms with Gasteiger partial charge in [-0.25, -0.2) is 9.18 Å². The molecular weight excluding hydrogens is 317 g/mol. The fourth-order valence-electron chi connectivity index (χ4n) is 1.52. The molecule has 0 bridgehead atoms. The van der Waals surface area contributed by atoms with Crippen molar-refractivity contribution in [3.05, 3.63) is 50.9 Å². The number of hydrogen-bond acceptors (Lipinski definition) is 4. The molecule has 0 fully saturated rings. The predicted molar refractivity (Wildman–Crippen MR) is 79.4 cm³/mol. The van der Waals surface area contributed by atoms with Gasteiger partial charge in [-0.05, 0) is 37.3 Å². The van der Waals surface area contributed by atoms with Gasteiger partial charge in [-0.15, -0.1) is 11.3 Å². The number of anilines is 1. The summed E-state index contributed by atoms with van der Waals surface area (Å²) >= 11 is 6.88. The Morgan fingerprint density at radius 1 is 1.33 bits per heavy atom. The van der Waals surface area contributed by atoms with Crippen LogP contribution in [-0.4, -0.2) is 18.5 Å². The smallest absolute Gasteiger partial charge is 0.348 e. The summed E-state index contributed by atoms with van der Waals surface area (Å²) in [6.07, 6.45) is 0. The Balaban J connectivity index is 1.89. The van der Waals surface area contributed by atoms with Crippen molar-refractivity contribution in [1.82, 2.24) is 0 Å². The van der Waals surface area contributed by atoms with E-state index in [0.717, 1.165) is 10.9 Å². The highest BCUT2D eigenvalue weighted by Gasteiger charge is 2.13. The minimum atomic E-state index is -0.656. The molecule has 0 saturated carbocycles. The molecule has 1 heterocycles. The van der Waals surface area contributed by atoms with Crippen LogP contribution in [0.1, 0.15) is 14.5 Å². The molecule has 1 N–H and O–H groups in total. The Hall–Kier alpha value is -1.92. The van der Waals surface area contributed by atoms with Gasteiger partial charge in [0.15, 0.2) is 6.61 Å². The molecule has 110 valence electrons. The van der Waals surface area contributed by atoms with E-state index in [4.69, 9.17) is 16.3 Å². The Kier molecular flexibility index (Phi) is 4.93. The van der Waals surface area contributed by atoms with Gasteiger partial charge in [-0.3, -0.25) is 4.79 Å². The van der Waals surface area contributed by atoms with Crippen LogP contribution in [0.25, 0.3) is 0 Å². The van der Waals surface area contributed by atoms with Gasteiger partial charge >= 0.3 is 5.97 Å². The molecule has 0 unspecified atom stereocenters. The number of carbonyl (C=O) groups excluding carboxylic acids is 2. The van der Waals surface area contributed by atoms with Crippen molar-refractivity contribution in [1.29, 1.82) is 0 Å². The molecule has 7 heteroatoms. The first kappa shape index (κ1) is 15.5. The number of aryl methyl sites for hydroxylation is 1. The minimum absolute atomic E-state index is 0.0209. The number of benzene rings is 1. The van der Waals surface area contributed by atoms with Crippen molar-refractivity contribution < 1.29 is 18.7 Å². The third-order valence-electron chi connectivity index (χ3n) is 2.48. The summed E-state index contributed by atoms with van der Waals surface area (Å²) in [5.74, 6) is -1.87. The number of rotatable bonds is 4. The summed E-state index contributed by atoms with van der Waals surface area (Å²) in [6, 6.07) is 7.27. The molecule has 2 aromatic rings. The van der Waals surface area contributed by atoms with E-state index in [2.05, 4.69) is 5.32 Å². The molecule has 1 aromatic heterocycles. The SMILES string of the molecule is Cc1ccc(C(=O)OCC(=O)Nc2ccc(Cl)cc2F)s1. The Labute approximate surface area is 129 Å². The molecule has 0 saturated heterocycles. The molecule has 0 spiro atoms. The summed E-state index contributed by atoms with van der Waals surface area (Å²) in [6.45, 7) is 1.37. The average molecular weight is 328 g/mol. The molecule has 0 aliphatic heterocycles. The van der Waals surface area contributed by atoms with Gasteiger partial charge in [0.05, 0.1) is 5.69 Å². The van der Waals surface area contributed by atoms with E-state index in [1.165, 1.54) is 23.5 Å². The van der Waals surface area contributed by atoms with Crippen molar-refractivity contribution in [2.24, 2.45) is 0 Å². The molecule has 0 aliphatic carbocycles. The quantitative estimate of drug-likeness (QED) is 0.872. The lowest BCUT2D eigenvalue weighted by Crippen LogP contribution is -2.21. The highest BCUT2D eigenvalue weighted by atomic mass is 35.5. The number of nitrogens with one attached hydrogen (secondary N) is 1. The van der Waals surface area contributed by atoms with Gasteiger partial charge < -0.3 is 10.1 Å². The second-order valence-electron chi connectivity index (χ2n) is 4.16. The first-order chi connectivity index (χ1) is 9.95. The van der Waals surface area contributed by atoms with Crippen LogP contribution in [0.15, 0.2) is 30.3 Å². The maximum atomic E-state index is 13.5. The third kappa shape index (κ3) is 4.27. The molecule has 0 atom stereocenters. The lowest BCUT2D eigenvalue weighted by Gasteiger charge is -2.07. The lowest BCUT2D eigenvalue weighted by molar-refractivity contribution is -0.119. The van der Waals surface area contributed by atoms with E-state index in [9.17, 15) is 14.0 Å². The van der Waals surface area contributed by atoms with Crippen molar-refractivity contribution in [3.8, 4) is 0 Å². The number of ether oxygens (including phenoxy) is 1. The largest absolute Gasteiger partial charge is 0.451 e. The number of carbonyl (C=O) groups is 2. The second kappa shape index (κ2) is 6.69. The fourth-order valence-corrected chi connectivity index (χ4v) is 2.44. The predicted octanol–water partition coefficient (Wildman–Crippen LogP) is 3.64. The normalized spacial score (nSPS) is 10.2. The van der Waals surface area contributed by atoms with E-state index in [-0.39, 0.29) is 10.7 Å². The third-order valence-corrected chi connectivity index (χ3v) is 3.70. The van der Waals surface area contributed by atoms with Crippen molar-refractivity contribution >= 4 is 40.5 Å². The Morgan fingerprint density at radius 3 is 2.71 bits per heavy atom. The summed E-state index contributed by atoms with van der Waals surface area (Å²) in [4.78, 5) is 24.6. The van der Waals surface area contributed by atoms with E-state index in [1.54, 1.807) is 12.1 Å². The average Bonchev–Trinajstić information content (AvgIpc) is 2.86. The number of amides is 1. The van der Waals surface area contributed by atoms with E-state index in [0.29, 0.717) is 4.88 Å². The summed E-state index contributed by atoms with van der Waals surface area (Å²) in [5, 5.41) is 2.53. The summed E-state index contributed by atoms with van der Waals surface area (Å²) < 4.78 is 18.3. The molecular formula is C14H11ClFNO3S. The Morgan fingerprint density at radius 2 is 2.10 bits per heavy atom. The van der Waals surface area contributed by atoms with Gasteiger partial charge in [-0.1, -0.05) is 11.6 Å². The zero-order valence-electron chi connectivity index (χ0n) is 11.0. The maximum absolute atomic E-state index is 13.5. The maximum Gasteiger partial charge on any atom is 0.348 e. The van der Waals surface area contributed by atoms with Gasteiger partial charge in [0.25, 0.3) is 5.91 Å². The zero-order valence-corrected chi connectivity index (χ0v) is 12.6.